The molecule has 0 aromatic heterocycles. The van der Waals surface area contributed by atoms with Crippen molar-refractivity contribution in [1.29, 1.82) is 0 Å². The number of nitrogens with two attached hydrogens (primary N) is 1. The predicted octanol–water partition coefficient (Wildman–Crippen LogP) is 2.48. The molecule has 0 amide bonds. The first-order valence-electron chi connectivity index (χ1n) is 6.38. The summed E-state index contributed by atoms with van der Waals surface area (Å²) in [7, 11) is 0. The zero-order chi connectivity index (χ0) is 11.5. The Hall–Kier alpha value is -0.0800. The quantitative estimate of drug-likeness (QED) is 0.779. The number of likely N-dealkylation sites (tertiary alicyclic amines) is 1. The van der Waals surface area contributed by atoms with E-state index in [4.69, 9.17) is 5.73 Å². The number of rotatable bonds is 3. The normalized spacial score (nSPS) is 29.4. The Kier molecular flexibility index (Phi) is 4.60. The van der Waals surface area contributed by atoms with Crippen LogP contribution in [-0.4, -0.2) is 30.6 Å². The van der Waals surface area contributed by atoms with Gasteiger partial charge in [-0.05, 0) is 37.1 Å². The molecule has 0 spiro atoms. The summed E-state index contributed by atoms with van der Waals surface area (Å²) in [6.45, 7) is 12.8. The van der Waals surface area contributed by atoms with Gasteiger partial charge >= 0.3 is 0 Å². The molecule has 1 heterocycles. The molecule has 2 heteroatoms. The third-order valence-corrected chi connectivity index (χ3v) is 3.09. The summed E-state index contributed by atoms with van der Waals surface area (Å²) < 4.78 is 0. The van der Waals surface area contributed by atoms with E-state index < -0.39 is 0 Å². The van der Waals surface area contributed by atoms with Crippen molar-refractivity contribution in [2.45, 2.75) is 53.0 Å². The van der Waals surface area contributed by atoms with Gasteiger partial charge in [-0.2, -0.15) is 0 Å². The maximum absolute atomic E-state index is 6.12. The highest BCUT2D eigenvalue weighted by molar-refractivity contribution is 4.83. The first-order chi connectivity index (χ1) is 6.90. The van der Waals surface area contributed by atoms with Gasteiger partial charge < -0.3 is 10.6 Å². The molecule has 0 saturated carbocycles. The van der Waals surface area contributed by atoms with Crippen LogP contribution in [0.25, 0.3) is 0 Å². The molecular formula is C13H28N2. The molecule has 90 valence electrons. The van der Waals surface area contributed by atoms with E-state index in [2.05, 4.69) is 32.6 Å². The smallest absolute Gasteiger partial charge is 0.0170 e. The minimum absolute atomic E-state index is 0.401. The summed E-state index contributed by atoms with van der Waals surface area (Å²) >= 11 is 0. The van der Waals surface area contributed by atoms with Crippen molar-refractivity contribution in [2.75, 3.05) is 19.6 Å². The molecule has 0 radical (unpaired) electrons. The van der Waals surface area contributed by atoms with Gasteiger partial charge in [0.25, 0.3) is 0 Å². The fourth-order valence-corrected chi connectivity index (χ4v) is 2.86. The van der Waals surface area contributed by atoms with Crippen molar-refractivity contribution >= 4 is 0 Å². The number of nitrogens with zero attached hydrogens (tertiary/aromatic N) is 1. The molecular weight excluding hydrogens is 184 g/mol. The van der Waals surface area contributed by atoms with Gasteiger partial charge in [0.05, 0.1) is 0 Å². The fourth-order valence-electron chi connectivity index (χ4n) is 2.86. The number of hydrogen-bond donors (Lipinski definition) is 1. The van der Waals surface area contributed by atoms with Crippen LogP contribution in [0.3, 0.4) is 0 Å². The van der Waals surface area contributed by atoms with Crippen LogP contribution in [0.5, 0.6) is 0 Å². The highest BCUT2D eigenvalue weighted by atomic mass is 15.1. The standard InChI is InChI=1S/C13H28N2/c1-5-6-15-9-11(7-12(14)10-15)8-13(2,3)4/h11-12H,5-10,14H2,1-4H3. The van der Waals surface area contributed by atoms with Gasteiger partial charge in [-0.15, -0.1) is 0 Å². The molecule has 1 aliphatic heterocycles. The van der Waals surface area contributed by atoms with Gasteiger partial charge in [0.2, 0.25) is 0 Å². The Morgan fingerprint density at radius 1 is 1.27 bits per heavy atom. The summed E-state index contributed by atoms with van der Waals surface area (Å²) in [6.07, 6.45) is 3.77. The monoisotopic (exact) mass is 212 g/mol. The zero-order valence-corrected chi connectivity index (χ0v) is 10.9. The lowest BCUT2D eigenvalue weighted by Crippen LogP contribution is -2.47. The van der Waals surface area contributed by atoms with E-state index in [0.29, 0.717) is 11.5 Å². The second-order valence-electron chi connectivity index (χ2n) is 6.39. The maximum atomic E-state index is 6.12. The van der Waals surface area contributed by atoms with Crippen LogP contribution in [0.15, 0.2) is 0 Å². The number of piperidine rings is 1. The molecule has 1 saturated heterocycles. The van der Waals surface area contributed by atoms with E-state index in [1.807, 2.05) is 0 Å². The predicted molar refractivity (Wildman–Crippen MR) is 66.9 cm³/mol. The minimum Gasteiger partial charge on any atom is -0.327 e. The van der Waals surface area contributed by atoms with Crippen molar-refractivity contribution in [3.63, 3.8) is 0 Å². The summed E-state index contributed by atoms with van der Waals surface area (Å²) in [6, 6.07) is 0.401. The Morgan fingerprint density at radius 3 is 2.47 bits per heavy atom. The van der Waals surface area contributed by atoms with Crippen LogP contribution in [0, 0.1) is 11.3 Å². The summed E-state index contributed by atoms with van der Waals surface area (Å²) in [5.41, 5.74) is 6.57. The molecule has 2 unspecified atom stereocenters. The Balaban J connectivity index is 2.44. The second kappa shape index (κ2) is 5.31. The van der Waals surface area contributed by atoms with E-state index in [9.17, 15) is 0 Å². The molecule has 0 aromatic rings. The van der Waals surface area contributed by atoms with Crippen LogP contribution in [0.1, 0.15) is 47.0 Å². The molecule has 0 bridgehead atoms. The van der Waals surface area contributed by atoms with Gasteiger partial charge in [0.15, 0.2) is 0 Å². The van der Waals surface area contributed by atoms with Gasteiger partial charge in [-0.25, -0.2) is 0 Å². The first kappa shape index (κ1) is 13.0. The molecule has 0 aliphatic carbocycles. The molecule has 2 nitrogen and oxygen atoms in total. The summed E-state index contributed by atoms with van der Waals surface area (Å²) in [5.74, 6) is 0.806. The molecule has 2 atom stereocenters. The van der Waals surface area contributed by atoms with E-state index >= 15 is 0 Å². The van der Waals surface area contributed by atoms with Crippen LogP contribution in [-0.2, 0) is 0 Å². The van der Waals surface area contributed by atoms with Crippen molar-refractivity contribution in [1.82, 2.24) is 4.90 Å². The van der Waals surface area contributed by atoms with Gasteiger partial charge in [-0.3, -0.25) is 0 Å². The number of hydrogen-bond acceptors (Lipinski definition) is 2. The highest BCUT2D eigenvalue weighted by Crippen LogP contribution is 2.29. The van der Waals surface area contributed by atoms with Crippen LogP contribution >= 0.6 is 0 Å². The largest absolute Gasteiger partial charge is 0.327 e. The summed E-state index contributed by atoms with van der Waals surface area (Å²) in [5, 5.41) is 0. The van der Waals surface area contributed by atoms with Crippen LogP contribution in [0.2, 0.25) is 0 Å². The first-order valence-corrected chi connectivity index (χ1v) is 6.38. The zero-order valence-electron chi connectivity index (χ0n) is 10.9. The Labute approximate surface area is 95.2 Å². The van der Waals surface area contributed by atoms with Crippen molar-refractivity contribution in [3.8, 4) is 0 Å². The molecule has 15 heavy (non-hydrogen) atoms. The molecule has 1 rings (SSSR count). The molecule has 0 aromatic carbocycles. The molecule has 1 fully saturated rings. The van der Waals surface area contributed by atoms with Crippen LogP contribution in [0.4, 0.5) is 0 Å². The molecule has 2 N–H and O–H groups in total. The van der Waals surface area contributed by atoms with E-state index in [0.717, 1.165) is 12.5 Å². The van der Waals surface area contributed by atoms with Crippen molar-refractivity contribution in [2.24, 2.45) is 17.1 Å². The van der Waals surface area contributed by atoms with E-state index in [1.54, 1.807) is 0 Å². The van der Waals surface area contributed by atoms with E-state index in [1.165, 1.54) is 32.4 Å². The minimum atomic E-state index is 0.401. The highest BCUT2D eigenvalue weighted by Gasteiger charge is 2.27. The van der Waals surface area contributed by atoms with Gasteiger partial charge in [0.1, 0.15) is 0 Å². The van der Waals surface area contributed by atoms with Gasteiger partial charge in [-0.1, -0.05) is 27.7 Å². The lowest BCUT2D eigenvalue weighted by atomic mass is 9.80. The molecule has 1 aliphatic rings. The third-order valence-electron chi connectivity index (χ3n) is 3.09. The lowest BCUT2D eigenvalue weighted by Gasteiger charge is -2.38. The third kappa shape index (κ3) is 4.98. The Morgan fingerprint density at radius 2 is 1.93 bits per heavy atom. The second-order valence-corrected chi connectivity index (χ2v) is 6.39. The Bertz CT molecular complexity index is 183. The van der Waals surface area contributed by atoms with Crippen LogP contribution < -0.4 is 5.73 Å². The van der Waals surface area contributed by atoms with Gasteiger partial charge in [0, 0.05) is 19.1 Å². The van der Waals surface area contributed by atoms with E-state index in [-0.39, 0.29) is 0 Å². The van der Waals surface area contributed by atoms with Crippen molar-refractivity contribution < 1.29 is 0 Å². The lowest BCUT2D eigenvalue weighted by molar-refractivity contribution is 0.126. The maximum Gasteiger partial charge on any atom is 0.0170 e. The fraction of sp³-hybridized carbons (Fsp3) is 1.00. The average molecular weight is 212 g/mol. The topological polar surface area (TPSA) is 29.3 Å². The summed E-state index contributed by atoms with van der Waals surface area (Å²) in [4.78, 5) is 2.55. The average Bonchev–Trinajstić information content (AvgIpc) is 1.99. The SMILES string of the molecule is CCCN1CC(N)CC(CC(C)(C)C)C1. The van der Waals surface area contributed by atoms with Crippen molar-refractivity contribution in [3.05, 3.63) is 0 Å².